The second-order valence-corrected chi connectivity index (χ2v) is 6.02. The second-order valence-electron chi connectivity index (χ2n) is 5.18. The van der Waals surface area contributed by atoms with Gasteiger partial charge in [-0.1, -0.05) is 36.2 Å². The Morgan fingerprint density at radius 3 is 2.71 bits per heavy atom. The van der Waals surface area contributed by atoms with Gasteiger partial charge in [0.25, 0.3) is 0 Å². The fourth-order valence-electron chi connectivity index (χ4n) is 2.84. The second kappa shape index (κ2) is 6.67. The number of carbonyl (C=O) groups excluding carboxylic acids is 1. The Hall–Kier alpha value is -1.26. The van der Waals surface area contributed by atoms with E-state index in [9.17, 15) is 14.7 Å². The standard InChI is InChI=1S/C15H17Cl2NO3/c1-2-7-18-13(19)6-5-11(15(20)21)14(18)10-4-3-9(16)8-12(10)17/h3-4,8,11,14H,2,5-7H2,1H3,(H,20,21). The van der Waals surface area contributed by atoms with Crippen LogP contribution in [0.4, 0.5) is 0 Å². The molecule has 114 valence electrons. The lowest BCUT2D eigenvalue weighted by Crippen LogP contribution is -2.45. The first-order valence-corrected chi connectivity index (χ1v) is 7.68. The van der Waals surface area contributed by atoms with Crippen LogP contribution < -0.4 is 0 Å². The summed E-state index contributed by atoms with van der Waals surface area (Å²) in [6.07, 6.45) is 1.36. The molecule has 1 aromatic rings. The zero-order chi connectivity index (χ0) is 15.6. The molecule has 21 heavy (non-hydrogen) atoms. The molecule has 0 bridgehead atoms. The summed E-state index contributed by atoms with van der Waals surface area (Å²) in [5.74, 6) is -1.57. The first-order chi connectivity index (χ1) is 9.95. The molecule has 2 atom stereocenters. The SMILES string of the molecule is CCCN1C(=O)CCC(C(=O)O)C1c1ccc(Cl)cc1Cl. The van der Waals surface area contributed by atoms with Crippen LogP contribution in [0, 0.1) is 5.92 Å². The highest BCUT2D eigenvalue weighted by atomic mass is 35.5. The molecule has 1 saturated heterocycles. The van der Waals surface area contributed by atoms with Crippen LogP contribution in [0.3, 0.4) is 0 Å². The minimum atomic E-state index is -0.903. The molecule has 1 amide bonds. The maximum Gasteiger partial charge on any atom is 0.308 e. The van der Waals surface area contributed by atoms with Crippen molar-refractivity contribution in [1.29, 1.82) is 0 Å². The average Bonchev–Trinajstić information content (AvgIpc) is 2.41. The summed E-state index contributed by atoms with van der Waals surface area (Å²) >= 11 is 12.1. The number of halogens is 2. The van der Waals surface area contributed by atoms with Crippen molar-refractivity contribution in [3.63, 3.8) is 0 Å². The Balaban J connectivity index is 2.48. The Bertz CT molecular complexity index is 562. The number of rotatable bonds is 4. The molecular formula is C15H17Cl2NO3. The van der Waals surface area contributed by atoms with Gasteiger partial charge >= 0.3 is 5.97 Å². The number of amides is 1. The van der Waals surface area contributed by atoms with Crippen molar-refractivity contribution in [3.8, 4) is 0 Å². The number of piperidine rings is 1. The molecule has 4 nitrogen and oxygen atoms in total. The van der Waals surface area contributed by atoms with Crippen LogP contribution in [-0.4, -0.2) is 28.4 Å². The molecule has 2 unspecified atom stereocenters. The lowest BCUT2D eigenvalue weighted by atomic mass is 9.84. The van der Waals surface area contributed by atoms with E-state index in [2.05, 4.69) is 0 Å². The Morgan fingerprint density at radius 2 is 2.14 bits per heavy atom. The lowest BCUT2D eigenvalue weighted by molar-refractivity contribution is -0.152. The van der Waals surface area contributed by atoms with Crippen LogP contribution >= 0.6 is 23.2 Å². The Morgan fingerprint density at radius 1 is 1.43 bits per heavy atom. The number of carboxylic acid groups (broad SMARTS) is 1. The molecule has 1 fully saturated rings. The molecule has 1 N–H and O–H groups in total. The molecule has 1 heterocycles. The van der Waals surface area contributed by atoms with E-state index in [0.717, 1.165) is 6.42 Å². The summed E-state index contributed by atoms with van der Waals surface area (Å²) in [6.45, 7) is 2.48. The maximum absolute atomic E-state index is 12.2. The fraction of sp³-hybridized carbons (Fsp3) is 0.467. The normalized spacial score (nSPS) is 22.4. The van der Waals surface area contributed by atoms with Gasteiger partial charge in [0, 0.05) is 23.0 Å². The number of carboxylic acids is 1. The van der Waals surface area contributed by atoms with Crippen molar-refractivity contribution in [2.45, 2.75) is 32.2 Å². The number of aliphatic carboxylic acids is 1. The number of benzene rings is 1. The average molecular weight is 330 g/mol. The highest BCUT2D eigenvalue weighted by molar-refractivity contribution is 6.35. The van der Waals surface area contributed by atoms with Gasteiger partial charge in [0.2, 0.25) is 5.91 Å². The maximum atomic E-state index is 12.2. The van der Waals surface area contributed by atoms with E-state index in [1.165, 1.54) is 0 Å². The van der Waals surface area contributed by atoms with E-state index in [1.807, 2.05) is 6.92 Å². The summed E-state index contributed by atoms with van der Waals surface area (Å²) in [6, 6.07) is 4.44. The summed E-state index contributed by atoms with van der Waals surface area (Å²) < 4.78 is 0. The van der Waals surface area contributed by atoms with Crippen LogP contribution in [0.1, 0.15) is 37.8 Å². The number of carbonyl (C=O) groups is 2. The Kier molecular flexibility index (Phi) is 5.12. The third kappa shape index (κ3) is 3.33. The zero-order valence-electron chi connectivity index (χ0n) is 11.7. The molecule has 0 saturated carbocycles. The predicted molar refractivity (Wildman–Crippen MR) is 81.6 cm³/mol. The molecule has 0 spiro atoms. The van der Waals surface area contributed by atoms with Crippen molar-refractivity contribution in [2.75, 3.05) is 6.54 Å². The van der Waals surface area contributed by atoms with E-state index < -0.39 is 17.9 Å². The predicted octanol–water partition coefficient (Wildman–Crippen LogP) is 3.77. The largest absolute Gasteiger partial charge is 0.481 e. The van der Waals surface area contributed by atoms with Crippen LogP contribution in [0.2, 0.25) is 10.0 Å². The van der Waals surface area contributed by atoms with Crippen molar-refractivity contribution < 1.29 is 14.7 Å². The van der Waals surface area contributed by atoms with Gasteiger partial charge in [-0.05, 0) is 30.5 Å². The van der Waals surface area contributed by atoms with Crippen LogP contribution in [0.15, 0.2) is 18.2 Å². The van der Waals surface area contributed by atoms with Gasteiger partial charge in [-0.2, -0.15) is 0 Å². The summed E-state index contributed by atoms with van der Waals surface area (Å²) in [5, 5.41) is 10.4. The molecule has 2 rings (SSSR count). The van der Waals surface area contributed by atoms with E-state index in [0.29, 0.717) is 28.6 Å². The fourth-order valence-corrected chi connectivity index (χ4v) is 3.36. The molecule has 0 radical (unpaired) electrons. The van der Waals surface area contributed by atoms with E-state index in [-0.39, 0.29) is 12.3 Å². The molecular weight excluding hydrogens is 313 g/mol. The highest BCUT2D eigenvalue weighted by Crippen LogP contribution is 2.40. The monoisotopic (exact) mass is 329 g/mol. The van der Waals surface area contributed by atoms with Gasteiger partial charge in [-0.25, -0.2) is 0 Å². The highest BCUT2D eigenvalue weighted by Gasteiger charge is 2.41. The lowest BCUT2D eigenvalue weighted by Gasteiger charge is -2.40. The first-order valence-electron chi connectivity index (χ1n) is 6.93. The first kappa shape index (κ1) is 16.1. The van der Waals surface area contributed by atoms with Crippen LogP contribution in [0.5, 0.6) is 0 Å². The number of hydrogen-bond donors (Lipinski definition) is 1. The summed E-state index contributed by atoms with van der Waals surface area (Å²) in [7, 11) is 0. The third-order valence-corrected chi connectivity index (χ3v) is 4.33. The third-order valence-electron chi connectivity index (χ3n) is 3.77. The summed E-state index contributed by atoms with van der Waals surface area (Å²) in [5.41, 5.74) is 0.648. The minimum absolute atomic E-state index is 0.0228. The van der Waals surface area contributed by atoms with Crippen molar-refractivity contribution in [1.82, 2.24) is 4.90 Å². The molecule has 0 aromatic heterocycles. The van der Waals surface area contributed by atoms with Gasteiger partial charge in [0.1, 0.15) is 0 Å². The molecule has 1 aliphatic rings. The van der Waals surface area contributed by atoms with Crippen LogP contribution in [0.25, 0.3) is 0 Å². The van der Waals surface area contributed by atoms with E-state index >= 15 is 0 Å². The van der Waals surface area contributed by atoms with Crippen molar-refractivity contribution in [2.24, 2.45) is 5.92 Å². The topological polar surface area (TPSA) is 57.6 Å². The van der Waals surface area contributed by atoms with Gasteiger partial charge < -0.3 is 10.0 Å². The molecule has 1 aliphatic heterocycles. The molecule has 1 aromatic carbocycles. The van der Waals surface area contributed by atoms with Gasteiger partial charge in [0.05, 0.1) is 12.0 Å². The summed E-state index contributed by atoms with van der Waals surface area (Å²) in [4.78, 5) is 25.4. The van der Waals surface area contributed by atoms with E-state index in [4.69, 9.17) is 23.2 Å². The number of likely N-dealkylation sites (tertiary alicyclic amines) is 1. The van der Waals surface area contributed by atoms with Gasteiger partial charge in [-0.3, -0.25) is 9.59 Å². The van der Waals surface area contributed by atoms with Crippen molar-refractivity contribution >= 4 is 35.1 Å². The molecule has 0 aliphatic carbocycles. The van der Waals surface area contributed by atoms with E-state index in [1.54, 1.807) is 23.1 Å². The van der Waals surface area contributed by atoms with Crippen LogP contribution in [-0.2, 0) is 9.59 Å². The minimum Gasteiger partial charge on any atom is -0.481 e. The Labute approximate surface area is 133 Å². The zero-order valence-corrected chi connectivity index (χ0v) is 13.2. The quantitative estimate of drug-likeness (QED) is 0.914. The smallest absolute Gasteiger partial charge is 0.308 e. The number of hydrogen-bond acceptors (Lipinski definition) is 2. The number of nitrogens with zero attached hydrogens (tertiary/aromatic N) is 1. The molecule has 6 heteroatoms. The van der Waals surface area contributed by atoms with Crippen molar-refractivity contribution in [3.05, 3.63) is 33.8 Å². The van der Waals surface area contributed by atoms with Gasteiger partial charge in [0.15, 0.2) is 0 Å². The van der Waals surface area contributed by atoms with Gasteiger partial charge in [-0.15, -0.1) is 0 Å².